The predicted octanol–water partition coefficient (Wildman–Crippen LogP) is 1.65. The Bertz CT molecular complexity index is 453. The number of nitrogens with one attached hydrogen (secondary N) is 1. The van der Waals surface area contributed by atoms with Crippen LogP contribution in [0.25, 0.3) is 10.9 Å². The monoisotopic (exact) mass is 198 g/mol. The van der Waals surface area contributed by atoms with Crippen LogP contribution in [0.1, 0.15) is 5.56 Å². The van der Waals surface area contributed by atoms with Gasteiger partial charge in [-0.15, -0.1) is 0 Å². The maximum Gasteiger partial charge on any atom is 0.297 e. The highest BCUT2D eigenvalue weighted by atomic mass is 19.3. The van der Waals surface area contributed by atoms with E-state index in [1.807, 2.05) is 0 Å². The average molecular weight is 198 g/mol. The zero-order valence-corrected chi connectivity index (χ0v) is 7.17. The normalized spacial score (nSPS) is 12.2. The van der Waals surface area contributed by atoms with Crippen LogP contribution in [0.3, 0.4) is 0 Å². The fourth-order valence-electron chi connectivity index (χ4n) is 1.36. The van der Waals surface area contributed by atoms with Crippen molar-refractivity contribution in [3.63, 3.8) is 0 Å². The molecule has 2 N–H and O–H groups in total. The third-order valence-electron chi connectivity index (χ3n) is 2.07. The van der Waals surface area contributed by atoms with Gasteiger partial charge < -0.3 is 5.11 Å². The van der Waals surface area contributed by atoms with E-state index in [2.05, 4.69) is 10.2 Å². The van der Waals surface area contributed by atoms with Gasteiger partial charge in [0.25, 0.3) is 5.92 Å². The summed E-state index contributed by atoms with van der Waals surface area (Å²) in [6, 6.07) is 4.46. The van der Waals surface area contributed by atoms with Gasteiger partial charge in [0.15, 0.2) is 0 Å². The summed E-state index contributed by atoms with van der Waals surface area (Å²) < 4.78 is 26.4. The number of para-hydroxylation sites is 1. The zero-order chi connectivity index (χ0) is 10.2. The van der Waals surface area contributed by atoms with Crippen LogP contribution in [0.4, 0.5) is 8.78 Å². The summed E-state index contributed by atoms with van der Waals surface area (Å²) in [5.41, 5.74) is 0.0431. The Hall–Kier alpha value is -1.49. The molecule has 0 saturated carbocycles. The molecule has 3 nitrogen and oxygen atoms in total. The number of hydrogen-bond donors (Lipinski definition) is 2. The molecule has 0 saturated heterocycles. The fraction of sp³-hybridized carbons (Fsp3) is 0.222. The third kappa shape index (κ3) is 1.26. The molecule has 0 aliphatic carbocycles. The molecule has 0 aliphatic heterocycles. The van der Waals surface area contributed by atoms with Crippen molar-refractivity contribution < 1.29 is 13.9 Å². The molecule has 0 bridgehead atoms. The summed E-state index contributed by atoms with van der Waals surface area (Å²) in [4.78, 5) is 0. The number of aromatic amines is 1. The Labute approximate surface area is 78.4 Å². The van der Waals surface area contributed by atoms with Crippen LogP contribution in [-0.4, -0.2) is 21.9 Å². The number of nitrogens with zero attached hydrogens (tertiary/aromatic N) is 1. The predicted molar refractivity (Wildman–Crippen MR) is 47.1 cm³/mol. The van der Waals surface area contributed by atoms with E-state index in [-0.39, 0.29) is 11.1 Å². The van der Waals surface area contributed by atoms with Crippen LogP contribution >= 0.6 is 0 Å². The number of rotatable bonds is 2. The standard InChI is InChI=1S/C9H8F2N2O/c10-9(11,5-14)7-3-1-2-6-4-12-13-8(6)7/h1-4,14H,5H2,(H,12,13). The molecular weight excluding hydrogens is 190 g/mol. The molecule has 0 spiro atoms. The van der Waals surface area contributed by atoms with E-state index in [1.54, 1.807) is 6.07 Å². The average Bonchev–Trinajstić information content (AvgIpc) is 2.64. The van der Waals surface area contributed by atoms with Gasteiger partial charge >= 0.3 is 0 Å². The molecule has 0 unspecified atom stereocenters. The van der Waals surface area contributed by atoms with Gasteiger partial charge in [0.05, 0.1) is 11.7 Å². The minimum atomic E-state index is -3.23. The first kappa shape index (κ1) is 9.08. The smallest absolute Gasteiger partial charge is 0.297 e. The molecule has 74 valence electrons. The molecule has 0 atom stereocenters. The highest BCUT2D eigenvalue weighted by Crippen LogP contribution is 2.31. The SMILES string of the molecule is OCC(F)(F)c1cccc2cn[nH]c12. The number of benzene rings is 1. The molecule has 2 rings (SSSR count). The molecule has 0 radical (unpaired) electrons. The molecule has 1 aromatic heterocycles. The number of aliphatic hydroxyl groups excluding tert-OH is 1. The summed E-state index contributed by atoms with van der Waals surface area (Å²) in [7, 11) is 0. The van der Waals surface area contributed by atoms with Crippen molar-refractivity contribution >= 4 is 10.9 Å². The first-order chi connectivity index (χ1) is 6.65. The molecule has 0 amide bonds. The number of halogens is 2. The van der Waals surface area contributed by atoms with Gasteiger partial charge in [0.1, 0.15) is 6.61 Å². The van der Waals surface area contributed by atoms with Gasteiger partial charge in [-0.2, -0.15) is 13.9 Å². The molecule has 0 aliphatic rings. The third-order valence-corrected chi connectivity index (χ3v) is 2.07. The van der Waals surface area contributed by atoms with E-state index in [9.17, 15) is 8.78 Å². The van der Waals surface area contributed by atoms with Gasteiger partial charge in [-0.05, 0) is 0 Å². The molecular formula is C9H8F2N2O. The lowest BCUT2D eigenvalue weighted by molar-refractivity contribution is -0.0544. The Kier molecular flexibility index (Phi) is 1.96. The van der Waals surface area contributed by atoms with Crippen molar-refractivity contribution in [2.24, 2.45) is 0 Å². The van der Waals surface area contributed by atoms with Crippen LogP contribution in [-0.2, 0) is 5.92 Å². The van der Waals surface area contributed by atoms with Gasteiger partial charge in [0, 0.05) is 10.9 Å². The second kappa shape index (κ2) is 3.02. The van der Waals surface area contributed by atoms with E-state index in [4.69, 9.17) is 5.11 Å². The number of hydrogen-bond acceptors (Lipinski definition) is 2. The molecule has 0 fully saturated rings. The van der Waals surface area contributed by atoms with E-state index in [0.717, 1.165) is 0 Å². The highest BCUT2D eigenvalue weighted by molar-refractivity contribution is 5.81. The first-order valence-corrected chi connectivity index (χ1v) is 4.06. The van der Waals surface area contributed by atoms with Crippen LogP contribution in [0.2, 0.25) is 0 Å². The summed E-state index contributed by atoms with van der Waals surface area (Å²) in [6.45, 7) is -1.20. The second-order valence-electron chi connectivity index (χ2n) is 3.00. The topological polar surface area (TPSA) is 48.9 Å². The van der Waals surface area contributed by atoms with Gasteiger partial charge in [-0.3, -0.25) is 5.10 Å². The lowest BCUT2D eigenvalue weighted by atomic mass is 10.1. The number of fused-ring (bicyclic) bond motifs is 1. The van der Waals surface area contributed by atoms with Crippen molar-refractivity contribution in [1.82, 2.24) is 10.2 Å². The lowest BCUT2D eigenvalue weighted by Gasteiger charge is -2.13. The van der Waals surface area contributed by atoms with Crippen LogP contribution in [0.15, 0.2) is 24.4 Å². The number of H-pyrrole nitrogens is 1. The Morgan fingerprint density at radius 1 is 1.43 bits per heavy atom. The van der Waals surface area contributed by atoms with Crippen molar-refractivity contribution in [3.05, 3.63) is 30.0 Å². The second-order valence-corrected chi connectivity index (χ2v) is 3.00. The minimum absolute atomic E-state index is 0.227. The van der Waals surface area contributed by atoms with Crippen LogP contribution in [0.5, 0.6) is 0 Å². The number of aliphatic hydroxyl groups is 1. The molecule has 5 heteroatoms. The van der Waals surface area contributed by atoms with E-state index >= 15 is 0 Å². The zero-order valence-electron chi connectivity index (χ0n) is 7.17. The molecule has 1 heterocycles. The summed E-state index contributed by atoms with van der Waals surface area (Å²) >= 11 is 0. The Morgan fingerprint density at radius 3 is 2.93 bits per heavy atom. The highest BCUT2D eigenvalue weighted by Gasteiger charge is 2.32. The van der Waals surface area contributed by atoms with E-state index in [0.29, 0.717) is 5.39 Å². The largest absolute Gasteiger partial charge is 0.390 e. The van der Waals surface area contributed by atoms with Gasteiger partial charge in [-0.25, -0.2) is 0 Å². The van der Waals surface area contributed by atoms with Crippen molar-refractivity contribution in [2.45, 2.75) is 5.92 Å². The lowest BCUT2D eigenvalue weighted by Crippen LogP contribution is -2.18. The fourth-order valence-corrected chi connectivity index (χ4v) is 1.36. The quantitative estimate of drug-likeness (QED) is 0.770. The van der Waals surface area contributed by atoms with Crippen molar-refractivity contribution in [3.8, 4) is 0 Å². The maximum atomic E-state index is 13.2. The van der Waals surface area contributed by atoms with Crippen molar-refractivity contribution in [1.29, 1.82) is 0 Å². The number of aromatic nitrogens is 2. The molecule has 14 heavy (non-hydrogen) atoms. The minimum Gasteiger partial charge on any atom is -0.390 e. The van der Waals surface area contributed by atoms with Crippen molar-refractivity contribution in [2.75, 3.05) is 6.61 Å². The molecule has 2 aromatic rings. The van der Waals surface area contributed by atoms with E-state index < -0.39 is 12.5 Å². The molecule has 1 aromatic carbocycles. The van der Waals surface area contributed by atoms with E-state index in [1.165, 1.54) is 18.3 Å². The van der Waals surface area contributed by atoms with Gasteiger partial charge in [0.2, 0.25) is 0 Å². The van der Waals surface area contributed by atoms with Crippen LogP contribution in [0, 0.1) is 0 Å². The van der Waals surface area contributed by atoms with Gasteiger partial charge in [-0.1, -0.05) is 18.2 Å². The summed E-state index contributed by atoms with van der Waals surface area (Å²) in [5, 5.41) is 15.3. The van der Waals surface area contributed by atoms with Crippen LogP contribution < -0.4 is 0 Å². The Morgan fingerprint density at radius 2 is 2.21 bits per heavy atom. The Balaban J connectivity index is 2.67. The summed E-state index contributed by atoms with van der Waals surface area (Å²) in [5.74, 6) is -3.23. The summed E-state index contributed by atoms with van der Waals surface area (Å²) in [6.07, 6.45) is 1.46. The maximum absolute atomic E-state index is 13.2. The first-order valence-electron chi connectivity index (χ1n) is 4.06. The number of alkyl halides is 2.